The van der Waals surface area contributed by atoms with Gasteiger partial charge in [0, 0.05) is 12.0 Å². The fourth-order valence-electron chi connectivity index (χ4n) is 9.47. The van der Waals surface area contributed by atoms with E-state index in [1.165, 1.54) is 27.9 Å². The van der Waals surface area contributed by atoms with E-state index < -0.39 is 33.6 Å². The first kappa shape index (κ1) is 45.0. The third kappa shape index (κ3) is 8.50. The molecule has 0 saturated carbocycles. The third-order valence-electron chi connectivity index (χ3n) is 12.7. The van der Waals surface area contributed by atoms with Crippen LogP contribution >= 0.6 is 0 Å². The third-order valence-corrected chi connectivity index (χ3v) is 22.7. The molecule has 1 aliphatic rings. The first-order valence-corrected chi connectivity index (χ1v) is 25.0. The Morgan fingerprint density at radius 3 is 1.42 bits per heavy atom. The van der Waals surface area contributed by atoms with Crippen LogP contribution in [0, 0.1) is 11.3 Å². The van der Waals surface area contributed by atoms with Gasteiger partial charge in [-0.2, -0.15) is 0 Å². The minimum atomic E-state index is -3.06. The SMILES string of the molecule is COC(=O)[C@]1(OCc2ccc(OC)cc2)C[C@@H](C)C(CO[Si](c2ccccc2)(c2ccccc2)C(C)(C)C)=C[C@@]1(C)CO[Si](c1ccccc1)(c1ccccc1)C(C)(C)C. The number of esters is 1. The van der Waals surface area contributed by atoms with Crippen LogP contribution in [-0.4, -0.2) is 55.6 Å². The molecule has 0 fully saturated rings. The smallest absolute Gasteiger partial charge is 0.339 e. The molecule has 0 bridgehead atoms. The molecular weight excluding hydrogens is 777 g/mol. The summed E-state index contributed by atoms with van der Waals surface area (Å²) in [7, 11) is -2.85. The zero-order chi connectivity index (χ0) is 43.2. The molecule has 0 spiro atoms. The lowest BCUT2D eigenvalue weighted by Gasteiger charge is -2.52. The highest BCUT2D eigenvalue weighted by Crippen LogP contribution is 2.51. The van der Waals surface area contributed by atoms with Crippen LogP contribution < -0.4 is 25.5 Å². The lowest BCUT2D eigenvalue weighted by atomic mass is 9.63. The van der Waals surface area contributed by atoms with Gasteiger partial charge in [-0.25, -0.2) is 4.79 Å². The first-order valence-electron chi connectivity index (χ1n) is 21.1. The van der Waals surface area contributed by atoms with Crippen LogP contribution in [0.25, 0.3) is 0 Å². The predicted molar refractivity (Wildman–Crippen MR) is 250 cm³/mol. The average Bonchev–Trinajstić information content (AvgIpc) is 3.25. The Labute approximate surface area is 361 Å². The molecule has 0 radical (unpaired) electrons. The number of benzene rings is 5. The van der Waals surface area contributed by atoms with Gasteiger partial charge in [0.05, 0.1) is 27.4 Å². The molecule has 0 amide bonds. The molecular formula is C52H64O6Si2. The van der Waals surface area contributed by atoms with Gasteiger partial charge in [0.25, 0.3) is 16.6 Å². The Morgan fingerprint density at radius 2 is 1.03 bits per heavy atom. The van der Waals surface area contributed by atoms with Crippen molar-refractivity contribution in [3.05, 3.63) is 163 Å². The second-order valence-corrected chi connectivity index (χ2v) is 27.2. The summed E-state index contributed by atoms with van der Waals surface area (Å²) in [6.07, 6.45) is 2.63. The van der Waals surface area contributed by atoms with Crippen LogP contribution in [0.2, 0.25) is 10.1 Å². The van der Waals surface area contributed by atoms with Gasteiger partial charge in [0.1, 0.15) is 5.75 Å². The van der Waals surface area contributed by atoms with Gasteiger partial charge >= 0.3 is 5.97 Å². The molecule has 1 aliphatic carbocycles. The summed E-state index contributed by atoms with van der Waals surface area (Å²) in [6.45, 7) is 18.8. The molecule has 0 aromatic heterocycles. The number of carbonyl (C=O) groups is 1. The number of hydrogen-bond donors (Lipinski definition) is 0. The van der Waals surface area contributed by atoms with E-state index in [1.54, 1.807) is 7.11 Å². The summed E-state index contributed by atoms with van der Waals surface area (Å²) in [6, 6.07) is 50.5. The molecule has 5 aromatic rings. The Balaban J connectivity index is 1.52. The molecule has 0 heterocycles. The molecule has 6 nitrogen and oxygen atoms in total. The van der Waals surface area contributed by atoms with E-state index in [1.807, 2.05) is 24.3 Å². The maximum Gasteiger partial charge on any atom is 0.339 e. The minimum Gasteiger partial charge on any atom is -0.497 e. The molecule has 3 atom stereocenters. The van der Waals surface area contributed by atoms with E-state index in [0.717, 1.165) is 16.9 Å². The van der Waals surface area contributed by atoms with Crippen LogP contribution in [0.5, 0.6) is 5.75 Å². The number of hydrogen-bond acceptors (Lipinski definition) is 6. The molecule has 0 unspecified atom stereocenters. The van der Waals surface area contributed by atoms with Gasteiger partial charge in [0.15, 0.2) is 5.60 Å². The minimum absolute atomic E-state index is 0.0841. The molecule has 6 rings (SSSR count). The quantitative estimate of drug-likeness (QED) is 0.0596. The van der Waals surface area contributed by atoms with Crippen LogP contribution in [0.1, 0.15) is 67.4 Å². The number of rotatable bonds is 15. The van der Waals surface area contributed by atoms with Crippen LogP contribution in [0.4, 0.5) is 0 Å². The first-order chi connectivity index (χ1) is 28.6. The molecule has 8 heteroatoms. The van der Waals surface area contributed by atoms with Crippen LogP contribution in [0.3, 0.4) is 0 Å². The van der Waals surface area contributed by atoms with E-state index in [0.29, 0.717) is 13.0 Å². The highest BCUT2D eigenvalue weighted by atomic mass is 28.4. The highest BCUT2D eigenvalue weighted by Gasteiger charge is 2.61. The lowest BCUT2D eigenvalue weighted by Crippen LogP contribution is -2.69. The van der Waals surface area contributed by atoms with Crippen molar-refractivity contribution in [1.29, 1.82) is 0 Å². The largest absolute Gasteiger partial charge is 0.497 e. The van der Waals surface area contributed by atoms with Crippen molar-refractivity contribution in [2.45, 2.75) is 84.1 Å². The van der Waals surface area contributed by atoms with Crippen LogP contribution in [-0.2, 0) is 29.7 Å². The van der Waals surface area contributed by atoms with E-state index in [-0.39, 0.29) is 29.2 Å². The maximum absolute atomic E-state index is 14.7. The molecule has 0 saturated heterocycles. The highest BCUT2D eigenvalue weighted by molar-refractivity contribution is 7.00. The average molecular weight is 841 g/mol. The maximum atomic E-state index is 14.7. The summed E-state index contributed by atoms with van der Waals surface area (Å²) in [5, 5.41) is 4.28. The summed E-state index contributed by atoms with van der Waals surface area (Å²) >= 11 is 0. The summed E-state index contributed by atoms with van der Waals surface area (Å²) < 4.78 is 33.6. The van der Waals surface area contributed by atoms with Gasteiger partial charge in [-0.15, -0.1) is 0 Å². The van der Waals surface area contributed by atoms with E-state index in [2.05, 4.69) is 183 Å². The zero-order valence-electron chi connectivity index (χ0n) is 37.3. The second-order valence-electron chi connectivity index (χ2n) is 18.6. The van der Waals surface area contributed by atoms with Crippen molar-refractivity contribution >= 4 is 43.4 Å². The van der Waals surface area contributed by atoms with E-state index in [9.17, 15) is 4.79 Å². The molecule has 60 heavy (non-hydrogen) atoms. The fraction of sp³-hybridized carbons (Fsp3) is 0.365. The van der Waals surface area contributed by atoms with Gasteiger partial charge in [0.2, 0.25) is 0 Å². The van der Waals surface area contributed by atoms with Crippen molar-refractivity contribution in [3.8, 4) is 5.75 Å². The topological polar surface area (TPSA) is 63.2 Å². The predicted octanol–water partition coefficient (Wildman–Crippen LogP) is 9.25. The Hall–Kier alpha value is -4.58. The standard InChI is InChI=1S/C52H64O6Si2/c1-40-35-52(48(53)55-10,56-37-41-31-33-43(54-9)34-32-41)51(8,39-58-60(50(5,6)7,46-27-19-13-20-28-46)47-29-21-14-22-30-47)36-42(40)38-57-59(49(2,3)4,44-23-15-11-16-24-44)45-25-17-12-18-26-45/h11-34,36,40H,35,37-39H2,1-10H3/t40-,51+,52-/m1/s1. The zero-order valence-corrected chi connectivity index (χ0v) is 39.3. The van der Waals surface area contributed by atoms with Crippen molar-refractivity contribution < 1.29 is 27.9 Å². The van der Waals surface area contributed by atoms with Crippen molar-refractivity contribution in [2.75, 3.05) is 27.4 Å². The normalized spacial score (nSPS) is 20.0. The monoisotopic (exact) mass is 840 g/mol. The van der Waals surface area contributed by atoms with Crippen molar-refractivity contribution in [1.82, 2.24) is 0 Å². The Kier molecular flexibility index (Phi) is 13.6. The second kappa shape index (κ2) is 18.2. The van der Waals surface area contributed by atoms with Crippen LogP contribution in [0.15, 0.2) is 157 Å². The Bertz CT molecular complexity index is 2100. The van der Waals surface area contributed by atoms with Crippen molar-refractivity contribution in [3.63, 3.8) is 0 Å². The number of carbonyl (C=O) groups excluding carboxylic acids is 1. The lowest BCUT2D eigenvalue weighted by molar-refractivity contribution is -0.197. The number of methoxy groups -OCH3 is 2. The summed E-state index contributed by atoms with van der Waals surface area (Å²) in [5.41, 5.74) is -0.347. The summed E-state index contributed by atoms with van der Waals surface area (Å²) in [5.74, 6) is 0.253. The number of ether oxygens (including phenoxy) is 3. The van der Waals surface area contributed by atoms with Gasteiger partial charge in [-0.05, 0) is 66.4 Å². The Morgan fingerprint density at radius 1 is 0.617 bits per heavy atom. The fourth-order valence-corrected chi connectivity index (χ4v) is 18.7. The summed E-state index contributed by atoms with van der Waals surface area (Å²) in [4.78, 5) is 14.7. The van der Waals surface area contributed by atoms with Gasteiger partial charge in [-0.3, -0.25) is 0 Å². The van der Waals surface area contributed by atoms with Gasteiger partial charge in [-0.1, -0.05) is 195 Å². The molecule has 0 aliphatic heterocycles. The molecule has 316 valence electrons. The van der Waals surface area contributed by atoms with Crippen molar-refractivity contribution in [2.24, 2.45) is 11.3 Å². The molecule has 0 N–H and O–H groups in total. The van der Waals surface area contributed by atoms with E-state index in [4.69, 9.17) is 23.1 Å². The van der Waals surface area contributed by atoms with E-state index >= 15 is 0 Å². The van der Waals surface area contributed by atoms with Gasteiger partial charge < -0.3 is 23.1 Å². The molecule has 5 aromatic carbocycles.